The Kier molecular flexibility index (Phi) is 5.77. The van der Waals surface area contributed by atoms with Gasteiger partial charge in [0.1, 0.15) is 11.4 Å². The molecule has 1 aliphatic heterocycles. The van der Waals surface area contributed by atoms with Gasteiger partial charge in [-0.3, -0.25) is 4.79 Å². The van der Waals surface area contributed by atoms with Gasteiger partial charge in [0, 0.05) is 18.8 Å². The molecule has 0 radical (unpaired) electrons. The molecule has 0 saturated carbocycles. The fourth-order valence-corrected chi connectivity index (χ4v) is 2.66. The van der Waals surface area contributed by atoms with Crippen molar-refractivity contribution in [3.8, 4) is 5.75 Å². The predicted octanol–water partition coefficient (Wildman–Crippen LogP) is 2.39. The highest BCUT2D eigenvalue weighted by Gasteiger charge is 2.27. The summed E-state index contributed by atoms with van der Waals surface area (Å²) in [5, 5.41) is 0. The number of piperidine rings is 1. The molecule has 1 aliphatic rings. The van der Waals surface area contributed by atoms with Crippen molar-refractivity contribution in [1.29, 1.82) is 0 Å². The van der Waals surface area contributed by atoms with Crippen LogP contribution in [0.1, 0.15) is 44.0 Å². The largest absolute Gasteiger partial charge is 0.493 e. The van der Waals surface area contributed by atoms with Crippen molar-refractivity contribution in [2.24, 2.45) is 11.7 Å². The van der Waals surface area contributed by atoms with Crippen LogP contribution in [-0.2, 0) is 4.74 Å². The van der Waals surface area contributed by atoms with Crippen LogP contribution in [0.5, 0.6) is 5.75 Å². The Morgan fingerprint density at radius 2 is 1.88 bits per heavy atom. The molecule has 0 aromatic heterocycles. The van der Waals surface area contributed by atoms with Gasteiger partial charge in [-0.25, -0.2) is 4.79 Å². The Morgan fingerprint density at radius 1 is 1.24 bits per heavy atom. The molecule has 1 saturated heterocycles. The number of likely N-dealkylation sites (tertiary alicyclic amines) is 1. The van der Waals surface area contributed by atoms with E-state index in [0.29, 0.717) is 37.1 Å². The molecule has 1 aromatic rings. The van der Waals surface area contributed by atoms with Crippen molar-refractivity contribution in [3.05, 3.63) is 23.8 Å². The van der Waals surface area contributed by atoms with Crippen LogP contribution >= 0.6 is 0 Å². The fraction of sp³-hybridized carbons (Fsp3) is 0.556. The quantitative estimate of drug-likeness (QED) is 0.812. The third-order valence-corrected chi connectivity index (χ3v) is 4.04. The molecule has 25 heavy (non-hydrogen) atoms. The number of primary amides is 1. The lowest BCUT2D eigenvalue weighted by Crippen LogP contribution is -2.42. The SMILES string of the molecule is CC(C)(C)OC(=O)N1CCC(COc2ccc(N)c(C(N)=O)c2)CC1. The van der Waals surface area contributed by atoms with E-state index < -0.39 is 11.5 Å². The van der Waals surface area contributed by atoms with E-state index in [1.54, 1.807) is 23.1 Å². The number of nitrogens with two attached hydrogens (primary N) is 2. The van der Waals surface area contributed by atoms with Crippen LogP contribution in [0.2, 0.25) is 0 Å². The van der Waals surface area contributed by atoms with Gasteiger partial charge in [0.15, 0.2) is 0 Å². The van der Waals surface area contributed by atoms with E-state index in [2.05, 4.69) is 0 Å². The first-order valence-electron chi connectivity index (χ1n) is 8.46. The highest BCUT2D eigenvalue weighted by Crippen LogP contribution is 2.23. The van der Waals surface area contributed by atoms with E-state index in [4.69, 9.17) is 20.9 Å². The third-order valence-electron chi connectivity index (χ3n) is 4.04. The van der Waals surface area contributed by atoms with E-state index in [1.807, 2.05) is 20.8 Å². The Labute approximate surface area is 148 Å². The molecule has 0 unspecified atom stereocenters. The first kappa shape index (κ1) is 18.9. The number of amides is 2. The maximum Gasteiger partial charge on any atom is 0.410 e. The van der Waals surface area contributed by atoms with Crippen LogP contribution in [0.15, 0.2) is 18.2 Å². The maximum atomic E-state index is 12.0. The van der Waals surface area contributed by atoms with Crippen LogP contribution in [0.25, 0.3) is 0 Å². The molecule has 1 fully saturated rings. The lowest BCUT2D eigenvalue weighted by molar-refractivity contribution is 0.0165. The maximum absolute atomic E-state index is 12.0. The first-order valence-corrected chi connectivity index (χ1v) is 8.46. The monoisotopic (exact) mass is 349 g/mol. The summed E-state index contributed by atoms with van der Waals surface area (Å²) in [6.45, 7) is 7.40. The molecule has 0 bridgehead atoms. The van der Waals surface area contributed by atoms with Gasteiger partial charge in [-0.2, -0.15) is 0 Å². The minimum atomic E-state index is -0.575. The van der Waals surface area contributed by atoms with Crippen LogP contribution in [-0.4, -0.2) is 42.2 Å². The van der Waals surface area contributed by atoms with E-state index >= 15 is 0 Å². The second-order valence-electron chi connectivity index (χ2n) is 7.34. The topological polar surface area (TPSA) is 108 Å². The normalized spacial score (nSPS) is 15.7. The molecule has 0 aliphatic carbocycles. The Hall–Kier alpha value is -2.44. The Bertz CT molecular complexity index is 632. The van der Waals surface area contributed by atoms with Gasteiger partial charge in [-0.15, -0.1) is 0 Å². The van der Waals surface area contributed by atoms with E-state index in [0.717, 1.165) is 12.8 Å². The smallest absolute Gasteiger partial charge is 0.410 e. The van der Waals surface area contributed by atoms with Crippen molar-refractivity contribution in [2.45, 2.75) is 39.2 Å². The van der Waals surface area contributed by atoms with Crippen LogP contribution < -0.4 is 16.2 Å². The number of nitrogens with zero attached hydrogens (tertiary/aromatic N) is 1. The zero-order valence-corrected chi connectivity index (χ0v) is 15.1. The Balaban J connectivity index is 1.82. The molecule has 0 spiro atoms. The van der Waals surface area contributed by atoms with Crippen molar-refractivity contribution in [2.75, 3.05) is 25.4 Å². The summed E-state index contributed by atoms with van der Waals surface area (Å²) in [7, 11) is 0. The molecule has 0 atom stereocenters. The summed E-state index contributed by atoms with van der Waals surface area (Å²) >= 11 is 0. The molecule has 1 aromatic carbocycles. The Morgan fingerprint density at radius 3 is 2.44 bits per heavy atom. The van der Waals surface area contributed by atoms with Gasteiger partial charge >= 0.3 is 6.09 Å². The van der Waals surface area contributed by atoms with Crippen molar-refractivity contribution in [3.63, 3.8) is 0 Å². The highest BCUT2D eigenvalue weighted by atomic mass is 16.6. The van der Waals surface area contributed by atoms with Gasteiger partial charge in [-0.1, -0.05) is 0 Å². The molecule has 7 heteroatoms. The van der Waals surface area contributed by atoms with Crippen LogP contribution in [0.3, 0.4) is 0 Å². The molecule has 138 valence electrons. The summed E-state index contributed by atoms with van der Waals surface area (Å²) in [4.78, 5) is 25.1. The summed E-state index contributed by atoms with van der Waals surface area (Å²) < 4.78 is 11.2. The molecule has 2 rings (SSSR count). The minimum Gasteiger partial charge on any atom is -0.493 e. The molecule has 7 nitrogen and oxygen atoms in total. The number of benzene rings is 1. The zero-order valence-electron chi connectivity index (χ0n) is 15.1. The fourth-order valence-electron chi connectivity index (χ4n) is 2.66. The van der Waals surface area contributed by atoms with E-state index in [9.17, 15) is 9.59 Å². The van der Waals surface area contributed by atoms with Gasteiger partial charge < -0.3 is 25.8 Å². The van der Waals surface area contributed by atoms with E-state index in [-0.39, 0.29) is 11.7 Å². The number of rotatable bonds is 4. The number of hydrogen-bond acceptors (Lipinski definition) is 5. The third kappa shape index (κ3) is 5.55. The van der Waals surface area contributed by atoms with Crippen molar-refractivity contribution >= 4 is 17.7 Å². The minimum absolute atomic E-state index is 0.261. The second-order valence-corrected chi connectivity index (χ2v) is 7.34. The lowest BCUT2D eigenvalue weighted by atomic mass is 9.98. The molecular weight excluding hydrogens is 322 g/mol. The summed E-state index contributed by atoms with van der Waals surface area (Å²) in [6.07, 6.45) is 1.42. The second kappa shape index (κ2) is 7.63. The van der Waals surface area contributed by atoms with Gasteiger partial charge in [0.2, 0.25) is 0 Å². The standard InChI is InChI=1S/C18H27N3O4/c1-18(2,3)25-17(23)21-8-6-12(7-9-21)11-24-13-4-5-15(19)14(10-13)16(20)22/h4-5,10,12H,6-9,11,19H2,1-3H3,(H2,20,22). The lowest BCUT2D eigenvalue weighted by Gasteiger charge is -2.33. The number of ether oxygens (including phenoxy) is 2. The number of anilines is 1. The average molecular weight is 349 g/mol. The summed E-state index contributed by atoms with van der Waals surface area (Å²) in [5.41, 5.74) is 11.1. The molecular formula is C18H27N3O4. The molecule has 2 amide bonds. The summed E-state index contributed by atoms with van der Waals surface area (Å²) in [5.74, 6) is 0.333. The van der Waals surface area contributed by atoms with Crippen LogP contribution in [0.4, 0.5) is 10.5 Å². The van der Waals surface area contributed by atoms with Crippen LogP contribution in [0, 0.1) is 5.92 Å². The van der Waals surface area contributed by atoms with Gasteiger partial charge in [-0.05, 0) is 57.7 Å². The number of carbonyl (C=O) groups excluding carboxylic acids is 2. The number of carbonyl (C=O) groups is 2. The number of hydrogen-bond donors (Lipinski definition) is 2. The number of nitrogen functional groups attached to an aromatic ring is 1. The van der Waals surface area contributed by atoms with Crippen molar-refractivity contribution in [1.82, 2.24) is 4.90 Å². The van der Waals surface area contributed by atoms with Gasteiger partial charge in [0.05, 0.1) is 12.2 Å². The average Bonchev–Trinajstić information content (AvgIpc) is 2.52. The highest BCUT2D eigenvalue weighted by molar-refractivity contribution is 5.98. The van der Waals surface area contributed by atoms with E-state index in [1.165, 1.54) is 0 Å². The molecule has 4 N–H and O–H groups in total. The van der Waals surface area contributed by atoms with Crippen molar-refractivity contribution < 1.29 is 19.1 Å². The predicted molar refractivity (Wildman–Crippen MR) is 95.4 cm³/mol. The van der Waals surface area contributed by atoms with Gasteiger partial charge in [0.25, 0.3) is 5.91 Å². The molecule has 1 heterocycles. The zero-order chi connectivity index (χ0) is 18.6. The first-order chi connectivity index (χ1) is 11.7. The summed E-state index contributed by atoms with van der Waals surface area (Å²) in [6, 6.07) is 4.89.